The quantitative estimate of drug-likeness (QED) is 0.171. The SMILES string of the molecule is C[C@H](NCc1ccc2c(c1)nc(NC(=O)c1ccc(-n3cncn3)s1)n2C[C@H]1CCCN1C(=O)C(C#N)=CC(C)(C)C)C(C)(C)C. The molecule has 4 aromatic rings. The summed E-state index contributed by atoms with van der Waals surface area (Å²) in [6.45, 7) is 16.4. The Balaban J connectivity index is 1.45. The van der Waals surface area contributed by atoms with E-state index in [4.69, 9.17) is 4.98 Å². The zero-order chi connectivity index (χ0) is 33.2. The van der Waals surface area contributed by atoms with Crippen LogP contribution in [0.3, 0.4) is 0 Å². The number of carbonyl (C=O) groups is 2. The van der Waals surface area contributed by atoms with E-state index < -0.39 is 0 Å². The minimum absolute atomic E-state index is 0.122. The lowest BCUT2D eigenvalue weighted by Crippen LogP contribution is -2.39. The molecule has 11 nitrogen and oxygen atoms in total. The summed E-state index contributed by atoms with van der Waals surface area (Å²) in [5.74, 6) is -0.127. The molecule has 2 N–H and O–H groups in total. The van der Waals surface area contributed by atoms with Gasteiger partial charge in [-0.05, 0) is 60.4 Å². The number of fused-ring (bicyclic) bond motifs is 1. The molecular formula is C34H43N9O2S. The van der Waals surface area contributed by atoms with Crippen LogP contribution in [0.2, 0.25) is 0 Å². The maximum Gasteiger partial charge on any atom is 0.268 e. The topological polar surface area (TPSA) is 134 Å². The molecule has 0 spiro atoms. The maximum atomic E-state index is 13.6. The van der Waals surface area contributed by atoms with Crippen molar-refractivity contribution in [1.29, 1.82) is 5.26 Å². The molecule has 1 fully saturated rings. The van der Waals surface area contributed by atoms with Gasteiger partial charge in [0, 0.05) is 25.7 Å². The van der Waals surface area contributed by atoms with Gasteiger partial charge in [-0.25, -0.2) is 14.6 Å². The van der Waals surface area contributed by atoms with Gasteiger partial charge < -0.3 is 14.8 Å². The van der Waals surface area contributed by atoms with Gasteiger partial charge in [0.2, 0.25) is 5.95 Å². The van der Waals surface area contributed by atoms with Gasteiger partial charge >= 0.3 is 0 Å². The van der Waals surface area contributed by atoms with Gasteiger partial charge in [0.15, 0.2) is 0 Å². The number of hydrogen-bond acceptors (Lipinski definition) is 8. The second-order valence-corrected chi connectivity index (χ2v) is 15.2. The first-order valence-corrected chi connectivity index (χ1v) is 16.5. The zero-order valence-electron chi connectivity index (χ0n) is 27.7. The molecule has 242 valence electrons. The molecule has 1 saturated heterocycles. The Hall–Kier alpha value is -4.34. The molecule has 4 heterocycles. The van der Waals surface area contributed by atoms with Gasteiger partial charge in [-0.1, -0.05) is 53.7 Å². The van der Waals surface area contributed by atoms with Crippen LogP contribution >= 0.6 is 11.3 Å². The Labute approximate surface area is 274 Å². The van der Waals surface area contributed by atoms with Crippen molar-refractivity contribution < 1.29 is 9.59 Å². The van der Waals surface area contributed by atoms with Crippen LogP contribution in [0, 0.1) is 22.2 Å². The fourth-order valence-electron chi connectivity index (χ4n) is 5.43. The van der Waals surface area contributed by atoms with E-state index in [1.807, 2.05) is 37.5 Å². The Morgan fingerprint density at radius 2 is 1.96 bits per heavy atom. The maximum absolute atomic E-state index is 13.6. The number of amides is 2. The van der Waals surface area contributed by atoms with Crippen LogP contribution in [0.5, 0.6) is 0 Å². The molecule has 46 heavy (non-hydrogen) atoms. The highest BCUT2D eigenvalue weighted by atomic mass is 32.1. The number of rotatable bonds is 9. The van der Waals surface area contributed by atoms with Gasteiger partial charge in [0.05, 0.1) is 22.0 Å². The van der Waals surface area contributed by atoms with Gasteiger partial charge in [0.25, 0.3) is 11.8 Å². The van der Waals surface area contributed by atoms with Crippen molar-refractivity contribution in [2.75, 3.05) is 11.9 Å². The van der Waals surface area contributed by atoms with E-state index in [-0.39, 0.29) is 34.3 Å². The lowest BCUT2D eigenvalue weighted by molar-refractivity contribution is -0.127. The highest BCUT2D eigenvalue weighted by molar-refractivity contribution is 7.16. The predicted octanol–water partition coefficient (Wildman–Crippen LogP) is 5.94. The van der Waals surface area contributed by atoms with Crippen LogP contribution in [-0.2, 0) is 17.9 Å². The number of anilines is 1. The normalized spacial score (nSPS) is 16.5. The smallest absolute Gasteiger partial charge is 0.268 e. The third-order valence-electron chi connectivity index (χ3n) is 8.37. The number of nitrogens with zero attached hydrogens (tertiary/aromatic N) is 7. The summed E-state index contributed by atoms with van der Waals surface area (Å²) in [6.07, 6.45) is 6.40. The summed E-state index contributed by atoms with van der Waals surface area (Å²) < 4.78 is 3.60. The molecule has 1 aliphatic heterocycles. The van der Waals surface area contributed by atoms with E-state index in [1.165, 1.54) is 17.7 Å². The van der Waals surface area contributed by atoms with E-state index in [9.17, 15) is 14.9 Å². The molecule has 1 aromatic carbocycles. The standard InChI is InChI=1S/C34H43N9O2S/c1-22(34(5,6)7)37-18-23-10-11-27-26(15-23)39-32(40-30(44)28-12-13-29(46-28)43-21-36-20-38-43)42(27)19-25-9-8-14-41(25)31(45)24(17-35)16-33(2,3)4/h10-13,15-16,20-22,25,37H,8-9,14,18-19H2,1-7H3,(H,39,40,44)/t22-,25+/m0/s1. The number of carbonyl (C=O) groups excluding carboxylic acids is 2. The van der Waals surface area contributed by atoms with Crippen molar-refractivity contribution in [2.45, 2.75) is 86.5 Å². The van der Waals surface area contributed by atoms with Gasteiger partial charge in [0.1, 0.15) is 29.3 Å². The summed E-state index contributed by atoms with van der Waals surface area (Å²) in [6, 6.07) is 12.0. The molecule has 1 aliphatic rings. The van der Waals surface area contributed by atoms with E-state index in [1.54, 1.807) is 28.1 Å². The van der Waals surface area contributed by atoms with Crippen molar-refractivity contribution in [3.05, 3.63) is 65.1 Å². The summed E-state index contributed by atoms with van der Waals surface area (Å²) in [7, 11) is 0. The molecule has 5 rings (SSSR count). The van der Waals surface area contributed by atoms with Crippen LogP contribution in [0.15, 0.2) is 54.6 Å². The second-order valence-electron chi connectivity index (χ2n) is 14.1. The first-order valence-electron chi connectivity index (χ1n) is 15.7. The fourth-order valence-corrected chi connectivity index (χ4v) is 6.26. The molecule has 0 radical (unpaired) electrons. The van der Waals surface area contributed by atoms with Crippen LogP contribution in [0.1, 0.15) is 76.5 Å². The number of nitriles is 1. The van der Waals surface area contributed by atoms with E-state index >= 15 is 0 Å². The summed E-state index contributed by atoms with van der Waals surface area (Å²) in [5, 5.41) is 21.4. The highest BCUT2D eigenvalue weighted by Crippen LogP contribution is 2.29. The van der Waals surface area contributed by atoms with Crippen molar-refractivity contribution in [1.82, 2.24) is 34.5 Å². The third kappa shape index (κ3) is 7.54. The van der Waals surface area contributed by atoms with Gasteiger partial charge in [-0.15, -0.1) is 11.3 Å². The minimum atomic E-state index is -0.305. The van der Waals surface area contributed by atoms with Crippen molar-refractivity contribution in [2.24, 2.45) is 10.8 Å². The van der Waals surface area contributed by atoms with Gasteiger partial charge in [-0.3, -0.25) is 14.9 Å². The van der Waals surface area contributed by atoms with Gasteiger partial charge in [-0.2, -0.15) is 10.4 Å². The van der Waals surface area contributed by atoms with E-state index in [2.05, 4.69) is 66.6 Å². The molecular weight excluding hydrogens is 599 g/mol. The number of hydrogen-bond donors (Lipinski definition) is 2. The number of nitrogens with one attached hydrogen (secondary N) is 2. The Morgan fingerprint density at radius 3 is 2.63 bits per heavy atom. The minimum Gasteiger partial charge on any atom is -0.333 e. The molecule has 2 atom stereocenters. The van der Waals surface area contributed by atoms with E-state index in [0.29, 0.717) is 36.5 Å². The largest absolute Gasteiger partial charge is 0.333 e. The van der Waals surface area contributed by atoms with Crippen LogP contribution in [0.25, 0.3) is 16.0 Å². The molecule has 0 unspecified atom stereocenters. The summed E-state index contributed by atoms with van der Waals surface area (Å²) in [5.41, 5.74) is 2.69. The number of benzene rings is 1. The van der Waals surface area contributed by atoms with Crippen LogP contribution < -0.4 is 10.6 Å². The fraction of sp³-hybridized carbons (Fsp3) is 0.471. The Kier molecular flexibility index (Phi) is 9.47. The first-order chi connectivity index (χ1) is 21.7. The highest BCUT2D eigenvalue weighted by Gasteiger charge is 2.33. The second kappa shape index (κ2) is 13.2. The first kappa shape index (κ1) is 33.0. The molecule has 0 bridgehead atoms. The average Bonchev–Trinajstić information content (AvgIpc) is 3.80. The van der Waals surface area contributed by atoms with Crippen LogP contribution in [0.4, 0.5) is 5.95 Å². The number of allylic oxidation sites excluding steroid dienone is 1. The molecule has 2 amide bonds. The monoisotopic (exact) mass is 641 g/mol. The lowest BCUT2D eigenvalue weighted by atomic mass is 9.88. The number of likely N-dealkylation sites (tertiary alicyclic amines) is 1. The van der Waals surface area contributed by atoms with Crippen molar-refractivity contribution >= 4 is 40.1 Å². The predicted molar refractivity (Wildman–Crippen MR) is 181 cm³/mol. The van der Waals surface area contributed by atoms with Crippen LogP contribution in [-0.4, -0.2) is 59.7 Å². The van der Waals surface area contributed by atoms with E-state index in [0.717, 1.165) is 34.4 Å². The molecule has 0 saturated carbocycles. The molecule has 12 heteroatoms. The lowest BCUT2D eigenvalue weighted by Gasteiger charge is -2.28. The average molecular weight is 642 g/mol. The van der Waals surface area contributed by atoms with Crippen molar-refractivity contribution in [3.8, 4) is 11.1 Å². The third-order valence-corrected chi connectivity index (χ3v) is 9.44. The zero-order valence-corrected chi connectivity index (χ0v) is 28.5. The van der Waals surface area contributed by atoms with Crippen molar-refractivity contribution in [3.63, 3.8) is 0 Å². The molecule has 0 aliphatic carbocycles. The number of imidazole rings is 1. The number of aromatic nitrogens is 5. The Bertz CT molecular complexity index is 1780. The Morgan fingerprint density at radius 1 is 1.17 bits per heavy atom. The summed E-state index contributed by atoms with van der Waals surface area (Å²) in [4.78, 5) is 38.3. The number of thiophene rings is 1. The molecule has 3 aromatic heterocycles. The summed E-state index contributed by atoms with van der Waals surface area (Å²) >= 11 is 1.30.